The topological polar surface area (TPSA) is 19.7 Å². The van der Waals surface area contributed by atoms with Crippen molar-refractivity contribution in [2.45, 2.75) is 6.92 Å². The van der Waals surface area contributed by atoms with Gasteiger partial charge in [-0.15, -0.1) is 11.3 Å². The van der Waals surface area contributed by atoms with Crippen LogP contribution < -0.4 is 4.57 Å². The van der Waals surface area contributed by atoms with E-state index in [4.69, 9.17) is 0 Å². The Morgan fingerprint density at radius 1 is 0.875 bits per heavy atom. The molecule has 2 nitrogen and oxygen atoms in total. The fraction of sp³-hybridized carbons (Fsp3) is 0.0952. The Morgan fingerprint density at radius 3 is 2.54 bits per heavy atom. The van der Waals surface area contributed by atoms with Gasteiger partial charge in [0.25, 0.3) is 5.82 Å². The normalized spacial score (nSPS) is 11.8. The summed E-state index contributed by atoms with van der Waals surface area (Å²) >= 11 is 1.86. The van der Waals surface area contributed by atoms with E-state index in [1.807, 2.05) is 11.3 Å². The van der Waals surface area contributed by atoms with Crippen LogP contribution >= 0.6 is 11.3 Å². The number of fused-ring (bicyclic) bond motifs is 4. The molecule has 0 amide bonds. The molecule has 0 aliphatic carbocycles. The van der Waals surface area contributed by atoms with E-state index in [0.29, 0.717) is 0 Å². The second-order valence-corrected chi connectivity index (χ2v) is 7.40. The van der Waals surface area contributed by atoms with Crippen molar-refractivity contribution in [1.29, 1.82) is 0 Å². The van der Waals surface area contributed by atoms with Crippen LogP contribution in [0.5, 0.6) is 0 Å². The van der Waals surface area contributed by atoms with Crippen molar-refractivity contribution in [3.05, 3.63) is 66.2 Å². The first-order valence-corrected chi connectivity index (χ1v) is 8.93. The Hall–Kier alpha value is -2.65. The third-order valence-corrected chi connectivity index (χ3v) is 5.98. The summed E-state index contributed by atoms with van der Waals surface area (Å²) in [6, 6.07) is 21.8. The number of hydrogen-bond acceptors (Lipinski definition) is 1. The van der Waals surface area contributed by atoms with Gasteiger partial charge in [0.2, 0.25) is 0 Å². The van der Waals surface area contributed by atoms with Gasteiger partial charge < -0.3 is 0 Å². The second kappa shape index (κ2) is 4.92. The zero-order chi connectivity index (χ0) is 16.3. The predicted octanol–water partition coefficient (Wildman–Crippen LogP) is 5.34. The van der Waals surface area contributed by atoms with Gasteiger partial charge in [-0.05, 0) is 30.7 Å². The summed E-state index contributed by atoms with van der Waals surface area (Å²) in [5.74, 6) is 1.16. The van der Waals surface area contributed by atoms with E-state index in [9.17, 15) is 0 Å². The number of aromatic nitrogens is 2. The summed E-state index contributed by atoms with van der Waals surface area (Å²) in [5, 5.41) is 2.69. The monoisotopic (exact) mass is 329 g/mol. The molecule has 3 aromatic carbocycles. The minimum atomic E-state index is 1.16. The highest BCUT2D eigenvalue weighted by atomic mass is 32.1. The largest absolute Gasteiger partial charge is 0.287 e. The summed E-state index contributed by atoms with van der Waals surface area (Å²) in [5.41, 5.74) is 4.97. The van der Waals surface area contributed by atoms with Crippen LogP contribution in [0.3, 0.4) is 0 Å². The summed E-state index contributed by atoms with van der Waals surface area (Å²) < 4.78 is 4.95. The molecule has 5 rings (SSSR count). The predicted molar refractivity (Wildman–Crippen MR) is 103 cm³/mol. The Bertz CT molecular complexity index is 1230. The van der Waals surface area contributed by atoms with Gasteiger partial charge >= 0.3 is 0 Å². The second-order valence-electron chi connectivity index (χ2n) is 6.31. The Kier molecular flexibility index (Phi) is 2.82. The van der Waals surface area contributed by atoms with Crippen LogP contribution in [0.25, 0.3) is 42.6 Å². The maximum Gasteiger partial charge on any atom is 0.287 e. The SMILES string of the molecule is Cc1ccccc1-c1[nH]c2cc3sc4ccccc4c3cc2[n+]1C. The number of hydrogen-bond donors (Lipinski definition) is 1. The molecule has 0 aliphatic heterocycles. The van der Waals surface area contributed by atoms with Crippen molar-refractivity contribution in [1.82, 2.24) is 4.98 Å². The molecule has 0 saturated heterocycles. The van der Waals surface area contributed by atoms with Crippen molar-refractivity contribution in [3.8, 4) is 11.4 Å². The molecule has 116 valence electrons. The van der Waals surface area contributed by atoms with Crippen LogP contribution in [0.1, 0.15) is 5.56 Å². The number of benzene rings is 3. The molecule has 0 radical (unpaired) electrons. The number of rotatable bonds is 1. The molecular formula is C21H17N2S+. The molecule has 0 fully saturated rings. The van der Waals surface area contributed by atoms with Gasteiger partial charge in [0.1, 0.15) is 0 Å². The number of aromatic amines is 1. The van der Waals surface area contributed by atoms with Gasteiger partial charge in [-0.25, -0.2) is 9.55 Å². The van der Waals surface area contributed by atoms with Gasteiger partial charge in [0, 0.05) is 26.2 Å². The van der Waals surface area contributed by atoms with Gasteiger partial charge in [-0.3, -0.25) is 0 Å². The molecule has 0 spiro atoms. The highest BCUT2D eigenvalue weighted by Crippen LogP contribution is 2.36. The summed E-state index contributed by atoms with van der Waals surface area (Å²) in [6.45, 7) is 2.16. The highest BCUT2D eigenvalue weighted by molar-refractivity contribution is 7.25. The van der Waals surface area contributed by atoms with Crippen molar-refractivity contribution in [2.24, 2.45) is 7.05 Å². The van der Waals surface area contributed by atoms with E-state index in [0.717, 1.165) is 5.82 Å². The molecule has 2 heterocycles. The fourth-order valence-corrected chi connectivity index (χ4v) is 4.68. The zero-order valence-electron chi connectivity index (χ0n) is 13.6. The number of H-pyrrole nitrogens is 1. The van der Waals surface area contributed by atoms with Crippen LogP contribution in [0, 0.1) is 6.92 Å². The lowest BCUT2D eigenvalue weighted by Crippen LogP contribution is -2.29. The van der Waals surface area contributed by atoms with Crippen LogP contribution in [-0.2, 0) is 7.05 Å². The molecule has 3 heteroatoms. The van der Waals surface area contributed by atoms with Crippen LogP contribution in [-0.4, -0.2) is 4.98 Å². The Morgan fingerprint density at radius 2 is 1.67 bits per heavy atom. The number of nitrogens with zero attached hydrogens (tertiary/aromatic N) is 1. The first-order valence-electron chi connectivity index (χ1n) is 8.11. The third kappa shape index (κ3) is 1.85. The van der Waals surface area contributed by atoms with Crippen molar-refractivity contribution >= 4 is 42.5 Å². The first-order chi connectivity index (χ1) is 11.7. The van der Waals surface area contributed by atoms with Crippen LogP contribution in [0.15, 0.2) is 60.7 Å². The molecule has 0 bridgehead atoms. The minimum Gasteiger partial charge on any atom is -0.236 e. The fourth-order valence-electron chi connectivity index (χ4n) is 3.56. The lowest BCUT2D eigenvalue weighted by atomic mass is 10.1. The maximum absolute atomic E-state index is 3.63. The number of nitrogens with one attached hydrogen (secondary N) is 1. The average molecular weight is 329 g/mol. The van der Waals surface area contributed by atoms with E-state index >= 15 is 0 Å². The quantitative estimate of drug-likeness (QED) is 0.401. The lowest BCUT2D eigenvalue weighted by molar-refractivity contribution is -0.633. The highest BCUT2D eigenvalue weighted by Gasteiger charge is 2.20. The molecular weight excluding hydrogens is 312 g/mol. The standard InChI is InChI=1S/C21H16N2S/c1-13-7-3-4-8-14(13)21-22-17-12-20-16(11-18(17)23(21)2)15-9-5-6-10-19(15)24-20/h3-12H,1-2H3/p+1. The zero-order valence-corrected chi connectivity index (χ0v) is 14.4. The van der Waals surface area contributed by atoms with Gasteiger partial charge in [-0.2, -0.15) is 0 Å². The molecule has 0 unspecified atom stereocenters. The number of imidazole rings is 1. The molecule has 0 atom stereocenters. The Labute approximate surface area is 144 Å². The van der Waals surface area contributed by atoms with Gasteiger partial charge in [-0.1, -0.05) is 36.4 Å². The Balaban J connectivity index is 1.86. The number of aryl methyl sites for hydroxylation is 2. The average Bonchev–Trinajstić information content (AvgIpc) is 3.11. The van der Waals surface area contributed by atoms with E-state index < -0.39 is 0 Å². The van der Waals surface area contributed by atoms with Crippen LogP contribution in [0.4, 0.5) is 0 Å². The summed E-state index contributed by atoms with van der Waals surface area (Å²) in [7, 11) is 2.14. The first kappa shape index (κ1) is 13.8. The van der Waals surface area contributed by atoms with E-state index in [1.165, 1.54) is 42.3 Å². The third-order valence-electron chi connectivity index (χ3n) is 4.85. The lowest BCUT2D eigenvalue weighted by Gasteiger charge is -1.99. The van der Waals surface area contributed by atoms with E-state index in [2.05, 4.69) is 84.2 Å². The molecule has 0 saturated carbocycles. The minimum absolute atomic E-state index is 1.16. The van der Waals surface area contributed by atoms with E-state index in [1.54, 1.807) is 0 Å². The number of thiophene rings is 1. The molecule has 1 N–H and O–H groups in total. The maximum atomic E-state index is 3.63. The molecule has 24 heavy (non-hydrogen) atoms. The smallest absolute Gasteiger partial charge is 0.236 e. The van der Waals surface area contributed by atoms with Crippen LogP contribution in [0.2, 0.25) is 0 Å². The molecule has 2 aromatic heterocycles. The molecule has 0 aliphatic rings. The van der Waals surface area contributed by atoms with Gasteiger partial charge in [0.15, 0.2) is 11.0 Å². The van der Waals surface area contributed by atoms with Crippen molar-refractivity contribution in [3.63, 3.8) is 0 Å². The van der Waals surface area contributed by atoms with Crippen molar-refractivity contribution < 1.29 is 4.57 Å². The summed E-state index contributed by atoms with van der Waals surface area (Å²) in [6.07, 6.45) is 0. The molecule has 5 aromatic rings. The summed E-state index contributed by atoms with van der Waals surface area (Å²) in [4.78, 5) is 3.63. The van der Waals surface area contributed by atoms with Crippen molar-refractivity contribution in [2.75, 3.05) is 0 Å². The van der Waals surface area contributed by atoms with Gasteiger partial charge in [0.05, 0.1) is 12.6 Å². The van der Waals surface area contributed by atoms with E-state index in [-0.39, 0.29) is 0 Å².